The van der Waals surface area contributed by atoms with Gasteiger partial charge in [-0.2, -0.15) is 0 Å². The Labute approximate surface area is 252 Å². The molecular formula is C35H38ClFN4O. The first-order chi connectivity index (χ1) is 20.4. The molecule has 3 aromatic carbocycles. The number of piperidine rings is 2. The summed E-state index contributed by atoms with van der Waals surface area (Å²) in [6.45, 7) is 4.44. The Morgan fingerprint density at radius 1 is 0.929 bits per heavy atom. The number of aryl methyl sites for hydroxylation is 1. The van der Waals surface area contributed by atoms with Gasteiger partial charge in [0.05, 0.1) is 21.6 Å². The minimum Gasteiger partial charge on any atom is -0.338 e. The fourth-order valence-electron chi connectivity index (χ4n) is 8.24. The van der Waals surface area contributed by atoms with Crippen molar-refractivity contribution >= 4 is 28.5 Å². The number of rotatable bonds is 6. The number of hydrogen-bond acceptors (Lipinski definition) is 3. The second-order valence-electron chi connectivity index (χ2n) is 12.6. The number of imidazole rings is 1. The number of carbonyl (C=O) groups excluding carboxylic acids is 1. The molecule has 7 heteroatoms. The number of amides is 1. The Balaban J connectivity index is 1.07. The van der Waals surface area contributed by atoms with E-state index in [4.69, 9.17) is 16.6 Å². The van der Waals surface area contributed by atoms with E-state index in [1.54, 1.807) is 6.07 Å². The van der Waals surface area contributed by atoms with Crippen LogP contribution in [0.3, 0.4) is 0 Å². The SMILES string of the molecule is Cc1nc2ccccc2n1[C@H]1C[C@H]2CC[C@@H](C1)N2CCC1(c2ccccc2)CCN(C(=O)c2cccc(Cl)c2F)CC1. The van der Waals surface area contributed by atoms with E-state index in [1.807, 2.05) is 4.90 Å². The Kier molecular flexibility index (Phi) is 7.31. The van der Waals surface area contributed by atoms with Crippen molar-refractivity contribution in [2.24, 2.45) is 0 Å². The van der Waals surface area contributed by atoms with Crippen LogP contribution in [0, 0.1) is 12.7 Å². The zero-order valence-electron chi connectivity index (χ0n) is 24.2. The monoisotopic (exact) mass is 584 g/mol. The molecule has 0 unspecified atom stereocenters. The molecule has 5 nitrogen and oxygen atoms in total. The minimum atomic E-state index is -0.623. The number of para-hydroxylation sites is 2. The average molecular weight is 585 g/mol. The van der Waals surface area contributed by atoms with E-state index in [-0.39, 0.29) is 21.9 Å². The topological polar surface area (TPSA) is 41.4 Å². The minimum absolute atomic E-state index is 0.00164. The molecule has 3 atom stereocenters. The third-order valence-corrected chi connectivity index (χ3v) is 10.7. The van der Waals surface area contributed by atoms with Crippen molar-refractivity contribution in [1.29, 1.82) is 0 Å². The highest BCUT2D eigenvalue weighted by Gasteiger charge is 2.44. The summed E-state index contributed by atoms with van der Waals surface area (Å²) in [6, 6.07) is 25.7. The maximum atomic E-state index is 14.7. The third-order valence-electron chi connectivity index (χ3n) is 10.4. The number of hydrogen-bond donors (Lipinski definition) is 0. The van der Waals surface area contributed by atoms with E-state index < -0.39 is 5.82 Å². The fourth-order valence-corrected chi connectivity index (χ4v) is 8.42. The molecule has 7 rings (SSSR count). The van der Waals surface area contributed by atoms with Gasteiger partial charge in [-0.25, -0.2) is 9.37 Å². The van der Waals surface area contributed by atoms with Crippen molar-refractivity contribution in [2.75, 3.05) is 19.6 Å². The quantitative estimate of drug-likeness (QED) is 0.235. The van der Waals surface area contributed by atoms with Crippen LogP contribution in [-0.2, 0) is 5.41 Å². The number of likely N-dealkylation sites (tertiary alicyclic amines) is 1. The number of halogens is 2. The zero-order chi connectivity index (χ0) is 28.8. The first kappa shape index (κ1) is 27.6. The molecule has 218 valence electrons. The van der Waals surface area contributed by atoms with Gasteiger partial charge >= 0.3 is 0 Å². The maximum Gasteiger partial charge on any atom is 0.256 e. The molecule has 1 aromatic heterocycles. The highest BCUT2D eigenvalue weighted by molar-refractivity contribution is 6.31. The number of nitrogens with zero attached hydrogens (tertiary/aromatic N) is 4. The highest BCUT2D eigenvalue weighted by atomic mass is 35.5. The zero-order valence-corrected chi connectivity index (χ0v) is 24.9. The van der Waals surface area contributed by atoms with E-state index in [9.17, 15) is 9.18 Å². The Morgan fingerprint density at radius 2 is 1.62 bits per heavy atom. The van der Waals surface area contributed by atoms with Crippen molar-refractivity contribution in [3.05, 3.63) is 101 Å². The van der Waals surface area contributed by atoms with E-state index in [0.29, 0.717) is 31.2 Å². The van der Waals surface area contributed by atoms with Crippen molar-refractivity contribution in [3.63, 3.8) is 0 Å². The third kappa shape index (κ3) is 4.83. The first-order valence-electron chi connectivity index (χ1n) is 15.4. The molecule has 3 aliphatic heterocycles. The largest absolute Gasteiger partial charge is 0.338 e. The predicted molar refractivity (Wildman–Crippen MR) is 166 cm³/mol. The predicted octanol–water partition coefficient (Wildman–Crippen LogP) is 7.57. The number of carbonyl (C=O) groups is 1. The lowest BCUT2D eigenvalue weighted by Gasteiger charge is -2.45. The molecule has 0 aliphatic carbocycles. The Morgan fingerprint density at radius 3 is 2.36 bits per heavy atom. The molecule has 0 spiro atoms. The lowest BCUT2D eigenvalue weighted by atomic mass is 9.70. The number of aromatic nitrogens is 2. The van der Waals surface area contributed by atoms with Gasteiger partial charge in [0, 0.05) is 31.2 Å². The summed E-state index contributed by atoms with van der Waals surface area (Å²) in [5.41, 5.74) is 3.77. The van der Waals surface area contributed by atoms with Gasteiger partial charge in [0.25, 0.3) is 5.91 Å². The van der Waals surface area contributed by atoms with Gasteiger partial charge in [0.15, 0.2) is 5.82 Å². The van der Waals surface area contributed by atoms with Crippen LogP contribution < -0.4 is 0 Å². The van der Waals surface area contributed by atoms with Crippen LogP contribution in [0.25, 0.3) is 11.0 Å². The molecule has 1 amide bonds. The molecular weight excluding hydrogens is 547 g/mol. The van der Waals surface area contributed by atoms with E-state index >= 15 is 0 Å². The van der Waals surface area contributed by atoms with Crippen molar-refractivity contribution in [1.82, 2.24) is 19.4 Å². The lowest BCUT2D eigenvalue weighted by molar-refractivity contribution is 0.0603. The number of benzene rings is 3. The standard InChI is InChI=1S/C35H38ClFN4O/c1-24-38-31-12-5-6-13-32(31)41(24)28-22-26-14-15-27(23-28)40(26)21-18-35(25-8-3-2-4-9-25)16-19-39(20-17-35)34(42)29-10-7-11-30(36)33(29)37/h2-13,26-28H,14-23H2,1H3/t26-,27+,28+. The van der Waals surface area contributed by atoms with Gasteiger partial charge in [0.2, 0.25) is 0 Å². The van der Waals surface area contributed by atoms with Crippen molar-refractivity contribution < 1.29 is 9.18 Å². The molecule has 0 saturated carbocycles. The van der Waals surface area contributed by atoms with Crippen LogP contribution in [0.4, 0.5) is 4.39 Å². The van der Waals surface area contributed by atoms with Crippen LogP contribution in [0.2, 0.25) is 5.02 Å². The Bertz CT molecular complexity index is 1580. The molecule has 4 heterocycles. The first-order valence-corrected chi connectivity index (χ1v) is 15.8. The van der Waals surface area contributed by atoms with Gasteiger partial charge in [-0.1, -0.05) is 60.1 Å². The van der Waals surface area contributed by atoms with Crippen LogP contribution >= 0.6 is 11.6 Å². The van der Waals surface area contributed by atoms with Crippen LogP contribution in [0.5, 0.6) is 0 Å². The second kappa shape index (κ2) is 11.1. The van der Waals surface area contributed by atoms with Crippen LogP contribution in [-0.4, -0.2) is 57.0 Å². The van der Waals surface area contributed by atoms with Gasteiger partial charge in [-0.15, -0.1) is 0 Å². The van der Waals surface area contributed by atoms with Gasteiger partial charge in [0.1, 0.15) is 5.82 Å². The summed E-state index contributed by atoms with van der Waals surface area (Å²) in [6.07, 6.45) is 7.67. The highest BCUT2D eigenvalue weighted by Crippen LogP contribution is 2.45. The molecule has 3 saturated heterocycles. The average Bonchev–Trinajstić information content (AvgIpc) is 3.48. The van der Waals surface area contributed by atoms with Gasteiger partial charge < -0.3 is 9.47 Å². The number of fused-ring (bicyclic) bond motifs is 3. The van der Waals surface area contributed by atoms with E-state index in [2.05, 4.69) is 71.0 Å². The molecule has 3 aliphatic rings. The summed E-state index contributed by atoms with van der Waals surface area (Å²) in [4.78, 5) is 22.7. The molecule has 0 N–H and O–H groups in total. The van der Waals surface area contributed by atoms with Crippen molar-refractivity contribution in [3.8, 4) is 0 Å². The Hall–Kier alpha value is -3.22. The molecule has 42 heavy (non-hydrogen) atoms. The van der Waals surface area contributed by atoms with Crippen LogP contribution in [0.1, 0.15) is 72.7 Å². The molecule has 3 fully saturated rings. The summed E-state index contributed by atoms with van der Waals surface area (Å²) < 4.78 is 17.2. The van der Waals surface area contributed by atoms with Crippen LogP contribution in [0.15, 0.2) is 72.8 Å². The lowest BCUT2D eigenvalue weighted by Crippen LogP contribution is -2.49. The second-order valence-corrected chi connectivity index (χ2v) is 13.0. The molecule has 0 radical (unpaired) electrons. The normalized spacial score (nSPS) is 23.9. The molecule has 4 aromatic rings. The summed E-state index contributed by atoms with van der Waals surface area (Å²) in [5, 5.41) is -0.00808. The summed E-state index contributed by atoms with van der Waals surface area (Å²) in [5.74, 6) is 0.233. The summed E-state index contributed by atoms with van der Waals surface area (Å²) >= 11 is 5.98. The van der Waals surface area contributed by atoms with E-state index in [0.717, 1.165) is 37.1 Å². The fraction of sp³-hybridized carbons (Fsp3) is 0.429. The van der Waals surface area contributed by atoms with Gasteiger partial charge in [-0.3, -0.25) is 9.69 Å². The summed E-state index contributed by atoms with van der Waals surface area (Å²) in [7, 11) is 0. The van der Waals surface area contributed by atoms with Crippen molar-refractivity contribution in [2.45, 2.75) is 75.4 Å². The van der Waals surface area contributed by atoms with Gasteiger partial charge in [-0.05, 0) is 93.7 Å². The molecule has 2 bridgehead atoms. The smallest absolute Gasteiger partial charge is 0.256 e. The van der Waals surface area contributed by atoms with E-state index in [1.165, 1.54) is 48.9 Å². The maximum absolute atomic E-state index is 14.7.